The number of carbonyl (C=O) groups excluding carboxylic acids is 1. The molecule has 1 saturated heterocycles. The molecule has 36 heavy (non-hydrogen) atoms. The van der Waals surface area contributed by atoms with Gasteiger partial charge in [0.05, 0.1) is 23.8 Å². The predicted molar refractivity (Wildman–Crippen MR) is 120 cm³/mol. The lowest BCUT2D eigenvalue weighted by Gasteiger charge is -2.45. The largest absolute Gasteiger partial charge is 0.416 e. The SMILES string of the molecule is Cc1cc([C@@H](C)OC[C@@]2(c3ccccc3)CCC(O)(C(=O)NCC(F)(F)F)CN2)cc(C(F)(F)F)c1. The van der Waals surface area contributed by atoms with Crippen LogP contribution in [-0.4, -0.2) is 42.5 Å². The molecule has 0 aliphatic carbocycles. The number of benzene rings is 2. The third-order valence-electron chi connectivity index (χ3n) is 6.36. The van der Waals surface area contributed by atoms with Crippen molar-refractivity contribution < 1.29 is 41.0 Å². The van der Waals surface area contributed by atoms with Crippen LogP contribution in [0.25, 0.3) is 0 Å². The average Bonchev–Trinajstić information content (AvgIpc) is 2.81. The van der Waals surface area contributed by atoms with Gasteiger partial charge in [-0.3, -0.25) is 4.79 Å². The number of aryl methyl sites for hydroxylation is 1. The number of rotatable bonds is 7. The third kappa shape index (κ3) is 6.77. The first-order chi connectivity index (χ1) is 16.6. The van der Waals surface area contributed by atoms with E-state index in [-0.39, 0.29) is 26.0 Å². The normalized spacial score (nSPS) is 23.8. The number of ether oxygens (including phenoxy) is 1. The van der Waals surface area contributed by atoms with E-state index in [2.05, 4.69) is 5.32 Å². The fourth-order valence-corrected chi connectivity index (χ4v) is 4.24. The number of nitrogens with one attached hydrogen (secondary N) is 2. The molecule has 5 nitrogen and oxygen atoms in total. The molecular weight excluding hydrogens is 490 g/mol. The lowest BCUT2D eigenvalue weighted by Crippen LogP contribution is -2.63. The molecule has 0 bridgehead atoms. The van der Waals surface area contributed by atoms with Crippen molar-refractivity contribution in [3.8, 4) is 0 Å². The van der Waals surface area contributed by atoms with Crippen LogP contribution in [-0.2, 0) is 21.2 Å². The van der Waals surface area contributed by atoms with Crippen molar-refractivity contribution in [1.82, 2.24) is 10.6 Å². The number of amides is 1. The molecule has 0 spiro atoms. The fourth-order valence-electron chi connectivity index (χ4n) is 4.24. The molecule has 1 fully saturated rings. The third-order valence-corrected chi connectivity index (χ3v) is 6.36. The van der Waals surface area contributed by atoms with Gasteiger partial charge in [-0.2, -0.15) is 26.3 Å². The Balaban J connectivity index is 1.77. The van der Waals surface area contributed by atoms with Gasteiger partial charge in [0.15, 0.2) is 5.60 Å². The van der Waals surface area contributed by atoms with Crippen LogP contribution in [0.3, 0.4) is 0 Å². The summed E-state index contributed by atoms with van der Waals surface area (Å²) in [5.41, 5.74) is -2.26. The lowest BCUT2D eigenvalue weighted by molar-refractivity contribution is -0.154. The van der Waals surface area contributed by atoms with Crippen LogP contribution >= 0.6 is 0 Å². The molecule has 1 aliphatic rings. The highest BCUT2D eigenvalue weighted by molar-refractivity contribution is 5.85. The molecule has 1 heterocycles. The van der Waals surface area contributed by atoms with Crippen LogP contribution in [0.1, 0.15) is 48.1 Å². The maximum absolute atomic E-state index is 13.3. The van der Waals surface area contributed by atoms with Crippen LogP contribution < -0.4 is 10.6 Å². The van der Waals surface area contributed by atoms with E-state index < -0.39 is 47.6 Å². The Morgan fingerprint density at radius 1 is 1.11 bits per heavy atom. The molecule has 2 aromatic carbocycles. The molecule has 2 aromatic rings. The summed E-state index contributed by atoms with van der Waals surface area (Å²) < 4.78 is 83.3. The number of β-amino-alcohol motifs (C(OH)–C–C–N with tert-alkyl or cyclic N) is 1. The van der Waals surface area contributed by atoms with Crippen molar-refractivity contribution in [2.45, 2.75) is 56.3 Å². The second-order valence-corrected chi connectivity index (χ2v) is 9.21. The summed E-state index contributed by atoms with van der Waals surface area (Å²) in [6, 6.07) is 12.6. The molecule has 0 radical (unpaired) electrons. The maximum Gasteiger partial charge on any atom is 0.416 e. The van der Waals surface area contributed by atoms with Crippen molar-refractivity contribution >= 4 is 5.91 Å². The zero-order valence-electron chi connectivity index (χ0n) is 19.8. The van der Waals surface area contributed by atoms with E-state index in [1.807, 2.05) is 0 Å². The average molecular weight is 518 g/mol. The molecule has 11 heteroatoms. The molecule has 0 saturated carbocycles. The zero-order valence-corrected chi connectivity index (χ0v) is 19.8. The van der Waals surface area contributed by atoms with Crippen LogP contribution in [0.15, 0.2) is 48.5 Å². The van der Waals surface area contributed by atoms with Crippen LogP contribution in [0.2, 0.25) is 0 Å². The predicted octanol–water partition coefficient (Wildman–Crippen LogP) is 4.78. The van der Waals surface area contributed by atoms with E-state index in [0.717, 1.165) is 17.7 Å². The van der Waals surface area contributed by atoms with Gasteiger partial charge in [-0.15, -0.1) is 0 Å². The minimum absolute atomic E-state index is 0.0201. The Morgan fingerprint density at radius 3 is 2.33 bits per heavy atom. The molecule has 1 aliphatic heterocycles. The van der Waals surface area contributed by atoms with E-state index in [1.54, 1.807) is 55.6 Å². The van der Waals surface area contributed by atoms with E-state index in [4.69, 9.17) is 4.74 Å². The van der Waals surface area contributed by atoms with Gasteiger partial charge in [0.1, 0.15) is 6.54 Å². The number of alkyl halides is 6. The first-order valence-electron chi connectivity index (χ1n) is 11.3. The Bertz CT molecular complexity index is 1050. The first-order valence-corrected chi connectivity index (χ1v) is 11.3. The van der Waals surface area contributed by atoms with Crippen LogP contribution in [0.4, 0.5) is 26.3 Å². The van der Waals surface area contributed by atoms with Gasteiger partial charge >= 0.3 is 12.4 Å². The highest BCUT2D eigenvalue weighted by atomic mass is 19.4. The topological polar surface area (TPSA) is 70.6 Å². The van der Waals surface area contributed by atoms with Gasteiger partial charge in [-0.25, -0.2) is 0 Å². The highest BCUT2D eigenvalue weighted by Gasteiger charge is 2.47. The second kappa shape index (κ2) is 10.4. The maximum atomic E-state index is 13.3. The Kier molecular flexibility index (Phi) is 8.07. The number of carbonyl (C=O) groups is 1. The fraction of sp³-hybridized carbons (Fsp3) is 0.480. The Hall–Kier alpha value is -2.63. The van der Waals surface area contributed by atoms with E-state index in [0.29, 0.717) is 11.1 Å². The van der Waals surface area contributed by atoms with Crippen LogP contribution in [0.5, 0.6) is 0 Å². The van der Waals surface area contributed by atoms with Crippen molar-refractivity contribution in [3.63, 3.8) is 0 Å². The number of halogens is 6. The first kappa shape index (κ1) is 27.9. The lowest BCUT2D eigenvalue weighted by atomic mass is 9.77. The van der Waals surface area contributed by atoms with Gasteiger partial charge in [0, 0.05) is 6.54 Å². The molecule has 3 N–H and O–H groups in total. The van der Waals surface area contributed by atoms with Gasteiger partial charge in [-0.1, -0.05) is 42.0 Å². The summed E-state index contributed by atoms with van der Waals surface area (Å²) in [4.78, 5) is 12.3. The minimum Gasteiger partial charge on any atom is -0.379 e. The Morgan fingerprint density at radius 2 is 1.78 bits per heavy atom. The molecule has 1 unspecified atom stereocenters. The Labute approximate surface area is 204 Å². The van der Waals surface area contributed by atoms with Crippen molar-refractivity contribution in [2.75, 3.05) is 19.7 Å². The summed E-state index contributed by atoms with van der Waals surface area (Å²) in [5.74, 6) is -1.14. The summed E-state index contributed by atoms with van der Waals surface area (Å²) in [6.07, 6.45) is -9.87. The molecule has 0 aromatic heterocycles. The number of piperidine rings is 1. The van der Waals surface area contributed by atoms with Crippen LogP contribution in [0, 0.1) is 6.92 Å². The minimum atomic E-state index is -4.62. The molecule has 198 valence electrons. The summed E-state index contributed by atoms with van der Waals surface area (Å²) in [7, 11) is 0. The number of aliphatic hydroxyl groups is 1. The van der Waals surface area contributed by atoms with Gasteiger partial charge in [0.25, 0.3) is 5.91 Å². The summed E-state index contributed by atoms with van der Waals surface area (Å²) >= 11 is 0. The van der Waals surface area contributed by atoms with E-state index in [9.17, 15) is 36.2 Å². The molecule has 1 amide bonds. The molecule has 3 rings (SSSR count). The van der Waals surface area contributed by atoms with Crippen molar-refractivity contribution in [1.29, 1.82) is 0 Å². The van der Waals surface area contributed by atoms with E-state index in [1.165, 1.54) is 0 Å². The standard InChI is InChI=1S/C25H28F6N2O3/c1-16-10-18(12-20(11-16)25(29,30)31)17(2)36-15-22(19-6-4-3-5-7-19)8-9-23(35,13-33-22)21(34)32-14-24(26,27)28/h3-7,10-12,17,33,35H,8-9,13-15H2,1-2H3,(H,32,34)/t17-,22-,23?/m1/s1. The number of hydrogen-bond donors (Lipinski definition) is 3. The van der Waals surface area contributed by atoms with Crippen molar-refractivity contribution in [3.05, 3.63) is 70.8 Å². The van der Waals surface area contributed by atoms with Crippen molar-refractivity contribution in [2.24, 2.45) is 0 Å². The molecular formula is C25H28F6N2O3. The second-order valence-electron chi connectivity index (χ2n) is 9.21. The quantitative estimate of drug-likeness (QED) is 0.462. The summed E-state index contributed by atoms with van der Waals surface area (Å²) in [6.45, 7) is 1.26. The summed E-state index contributed by atoms with van der Waals surface area (Å²) in [5, 5.41) is 15.5. The highest BCUT2D eigenvalue weighted by Crippen LogP contribution is 2.37. The van der Waals surface area contributed by atoms with Gasteiger partial charge < -0.3 is 20.5 Å². The molecule has 3 atom stereocenters. The van der Waals surface area contributed by atoms with Gasteiger partial charge in [0.2, 0.25) is 0 Å². The van der Waals surface area contributed by atoms with E-state index >= 15 is 0 Å². The zero-order chi connectivity index (χ0) is 26.8. The number of hydrogen-bond acceptors (Lipinski definition) is 4. The van der Waals surface area contributed by atoms with Gasteiger partial charge in [-0.05, 0) is 49.9 Å². The smallest absolute Gasteiger partial charge is 0.379 e. The monoisotopic (exact) mass is 518 g/mol.